The summed E-state index contributed by atoms with van der Waals surface area (Å²) in [4.78, 5) is 4.26. The first-order valence-electron chi connectivity index (χ1n) is 4.54. The molecule has 1 aromatic carbocycles. The van der Waals surface area contributed by atoms with E-state index in [0.29, 0.717) is 5.84 Å². The van der Waals surface area contributed by atoms with Crippen molar-refractivity contribution in [2.24, 2.45) is 10.7 Å². The van der Waals surface area contributed by atoms with Crippen LogP contribution in [-0.4, -0.2) is 5.84 Å². The molecule has 70 valence electrons. The largest absolute Gasteiger partial charge is 0.387 e. The van der Waals surface area contributed by atoms with E-state index in [1.54, 1.807) is 6.92 Å². The Morgan fingerprint density at radius 2 is 2.15 bits per heavy atom. The molecule has 1 aromatic rings. The quantitative estimate of drug-likeness (QED) is 0.546. The van der Waals surface area contributed by atoms with Gasteiger partial charge in [0.2, 0.25) is 0 Å². The number of hydrogen-bond donors (Lipinski definition) is 1. The molecular formula is C11H16N2. The van der Waals surface area contributed by atoms with Crippen LogP contribution in [0.25, 0.3) is 0 Å². The monoisotopic (exact) mass is 176 g/mol. The van der Waals surface area contributed by atoms with E-state index < -0.39 is 0 Å². The Balaban J connectivity index is 3.16. The number of rotatable bonds is 2. The Morgan fingerprint density at radius 1 is 1.46 bits per heavy atom. The number of amidine groups is 1. The average Bonchev–Trinajstić information content (AvgIpc) is 2.08. The minimum Gasteiger partial charge on any atom is -0.387 e. The Hall–Kier alpha value is -1.31. The van der Waals surface area contributed by atoms with Gasteiger partial charge in [0.1, 0.15) is 0 Å². The van der Waals surface area contributed by atoms with Crippen LogP contribution in [0.15, 0.2) is 23.2 Å². The van der Waals surface area contributed by atoms with E-state index in [-0.39, 0.29) is 0 Å². The van der Waals surface area contributed by atoms with Gasteiger partial charge < -0.3 is 5.73 Å². The Bertz CT molecular complexity index is 323. The maximum atomic E-state index is 5.53. The van der Waals surface area contributed by atoms with E-state index in [2.05, 4.69) is 24.9 Å². The standard InChI is InChI=1S/C11H16N2/c1-4-10-6-5-7-11(8(10)2)13-9(3)12/h5-7H,4H2,1-3H3,(H2,12,13). The number of aryl methyl sites for hydroxylation is 1. The highest BCUT2D eigenvalue weighted by Gasteiger charge is 2.00. The second-order valence-corrected chi connectivity index (χ2v) is 3.17. The molecule has 0 atom stereocenters. The predicted molar refractivity (Wildman–Crippen MR) is 57.5 cm³/mol. The first kappa shape index (κ1) is 9.78. The van der Waals surface area contributed by atoms with E-state index in [0.717, 1.165) is 12.1 Å². The summed E-state index contributed by atoms with van der Waals surface area (Å²) in [7, 11) is 0. The molecule has 1 rings (SSSR count). The van der Waals surface area contributed by atoms with Gasteiger partial charge >= 0.3 is 0 Å². The highest BCUT2D eigenvalue weighted by atomic mass is 14.8. The van der Waals surface area contributed by atoms with Crippen molar-refractivity contribution in [3.63, 3.8) is 0 Å². The van der Waals surface area contributed by atoms with Crippen molar-refractivity contribution in [2.75, 3.05) is 0 Å². The van der Waals surface area contributed by atoms with E-state index in [1.807, 2.05) is 12.1 Å². The molecule has 0 aliphatic carbocycles. The summed E-state index contributed by atoms with van der Waals surface area (Å²) in [6.07, 6.45) is 1.04. The van der Waals surface area contributed by atoms with Gasteiger partial charge in [-0.25, -0.2) is 4.99 Å². The van der Waals surface area contributed by atoms with Gasteiger partial charge in [-0.3, -0.25) is 0 Å². The summed E-state index contributed by atoms with van der Waals surface area (Å²) < 4.78 is 0. The third kappa shape index (κ3) is 2.31. The molecule has 0 unspecified atom stereocenters. The minimum atomic E-state index is 0.608. The summed E-state index contributed by atoms with van der Waals surface area (Å²) >= 11 is 0. The molecule has 0 aromatic heterocycles. The third-order valence-electron chi connectivity index (χ3n) is 2.10. The van der Waals surface area contributed by atoms with E-state index >= 15 is 0 Å². The van der Waals surface area contributed by atoms with Crippen molar-refractivity contribution < 1.29 is 0 Å². The van der Waals surface area contributed by atoms with Crippen molar-refractivity contribution in [2.45, 2.75) is 27.2 Å². The maximum Gasteiger partial charge on any atom is 0.0965 e. The summed E-state index contributed by atoms with van der Waals surface area (Å²) in [5, 5.41) is 0. The summed E-state index contributed by atoms with van der Waals surface area (Å²) in [5.74, 6) is 0.608. The third-order valence-corrected chi connectivity index (χ3v) is 2.10. The SMILES string of the molecule is CCc1cccc(N=C(C)N)c1C. The van der Waals surface area contributed by atoms with Crippen LogP contribution in [0.3, 0.4) is 0 Å². The molecular weight excluding hydrogens is 160 g/mol. The van der Waals surface area contributed by atoms with Crippen LogP contribution in [0.2, 0.25) is 0 Å². The molecule has 0 aliphatic heterocycles. The van der Waals surface area contributed by atoms with Crippen molar-refractivity contribution >= 4 is 11.5 Å². The number of nitrogens with zero attached hydrogens (tertiary/aromatic N) is 1. The number of hydrogen-bond acceptors (Lipinski definition) is 1. The molecule has 0 saturated carbocycles. The second kappa shape index (κ2) is 4.08. The van der Waals surface area contributed by atoms with E-state index in [9.17, 15) is 0 Å². The molecule has 0 heterocycles. The Morgan fingerprint density at radius 3 is 2.69 bits per heavy atom. The average molecular weight is 176 g/mol. The Kier molecular flexibility index (Phi) is 3.07. The van der Waals surface area contributed by atoms with Crippen LogP contribution in [0.4, 0.5) is 5.69 Å². The zero-order chi connectivity index (χ0) is 9.84. The fourth-order valence-corrected chi connectivity index (χ4v) is 1.36. The predicted octanol–water partition coefficient (Wildman–Crippen LogP) is 2.57. The van der Waals surface area contributed by atoms with Gasteiger partial charge in [-0.2, -0.15) is 0 Å². The van der Waals surface area contributed by atoms with Gasteiger partial charge in [0.25, 0.3) is 0 Å². The highest BCUT2D eigenvalue weighted by molar-refractivity contribution is 5.81. The van der Waals surface area contributed by atoms with Crippen molar-refractivity contribution in [3.05, 3.63) is 29.3 Å². The summed E-state index contributed by atoms with van der Waals surface area (Å²) in [6.45, 7) is 6.03. The molecule has 0 radical (unpaired) electrons. The van der Waals surface area contributed by atoms with Crippen LogP contribution >= 0.6 is 0 Å². The number of aliphatic imine (C=N–C) groups is 1. The molecule has 0 fully saturated rings. The molecule has 0 saturated heterocycles. The van der Waals surface area contributed by atoms with E-state index in [4.69, 9.17) is 5.73 Å². The molecule has 0 spiro atoms. The van der Waals surface area contributed by atoms with Gasteiger partial charge in [-0.15, -0.1) is 0 Å². The molecule has 13 heavy (non-hydrogen) atoms. The molecule has 0 aliphatic rings. The zero-order valence-corrected chi connectivity index (χ0v) is 8.46. The maximum absolute atomic E-state index is 5.53. The lowest BCUT2D eigenvalue weighted by Gasteiger charge is -2.05. The summed E-state index contributed by atoms with van der Waals surface area (Å²) in [6, 6.07) is 6.14. The fourth-order valence-electron chi connectivity index (χ4n) is 1.36. The van der Waals surface area contributed by atoms with Gasteiger partial charge in [-0.05, 0) is 37.5 Å². The molecule has 0 amide bonds. The normalized spacial score (nSPS) is 11.8. The zero-order valence-electron chi connectivity index (χ0n) is 8.46. The Labute approximate surface area is 79.5 Å². The van der Waals surface area contributed by atoms with Crippen molar-refractivity contribution in [1.82, 2.24) is 0 Å². The second-order valence-electron chi connectivity index (χ2n) is 3.17. The van der Waals surface area contributed by atoms with Crippen LogP contribution < -0.4 is 5.73 Å². The molecule has 2 nitrogen and oxygen atoms in total. The first-order valence-corrected chi connectivity index (χ1v) is 4.54. The van der Waals surface area contributed by atoms with E-state index in [1.165, 1.54) is 11.1 Å². The van der Waals surface area contributed by atoms with Crippen LogP contribution in [0.5, 0.6) is 0 Å². The lowest BCUT2D eigenvalue weighted by Crippen LogP contribution is -2.04. The lowest BCUT2D eigenvalue weighted by atomic mass is 10.1. The highest BCUT2D eigenvalue weighted by Crippen LogP contribution is 2.21. The number of benzene rings is 1. The first-order chi connectivity index (χ1) is 6.15. The minimum absolute atomic E-state index is 0.608. The van der Waals surface area contributed by atoms with Gasteiger partial charge in [0, 0.05) is 0 Å². The van der Waals surface area contributed by atoms with Gasteiger partial charge in [-0.1, -0.05) is 19.1 Å². The molecule has 2 N–H and O–H groups in total. The van der Waals surface area contributed by atoms with Crippen LogP contribution in [0.1, 0.15) is 25.0 Å². The fraction of sp³-hybridized carbons (Fsp3) is 0.364. The van der Waals surface area contributed by atoms with Crippen LogP contribution in [0, 0.1) is 6.92 Å². The molecule has 0 bridgehead atoms. The smallest absolute Gasteiger partial charge is 0.0965 e. The van der Waals surface area contributed by atoms with Crippen LogP contribution in [-0.2, 0) is 6.42 Å². The topological polar surface area (TPSA) is 38.4 Å². The summed E-state index contributed by atoms with van der Waals surface area (Å²) in [5.41, 5.74) is 9.09. The van der Waals surface area contributed by atoms with Crippen molar-refractivity contribution in [1.29, 1.82) is 0 Å². The lowest BCUT2D eigenvalue weighted by molar-refractivity contribution is 1.11. The van der Waals surface area contributed by atoms with Gasteiger partial charge in [0.05, 0.1) is 11.5 Å². The van der Waals surface area contributed by atoms with Gasteiger partial charge in [0.15, 0.2) is 0 Å². The van der Waals surface area contributed by atoms with Crippen molar-refractivity contribution in [3.8, 4) is 0 Å². The number of nitrogens with two attached hydrogens (primary N) is 1. The molecule has 2 heteroatoms.